The molecule has 0 aromatic carbocycles. The summed E-state index contributed by atoms with van der Waals surface area (Å²) in [6.07, 6.45) is 1.06. The van der Waals surface area contributed by atoms with Gasteiger partial charge in [-0.15, -0.1) is 3.89 Å². The van der Waals surface area contributed by atoms with Crippen LogP contribution in [0.1, 0.15) is 24.5 Å². The van der Waals surface area contributed by atoms with Gasteiger partial charge in [0.1, 0.15) is 5.15 Å². The highest BCUT2D eigenvalue weighted by molar-refractivity contribution is 7.93. The Kier molecular flexibility index (Phi) is 2.75. The molecule has 1 aliphatic rings. The third kappa shape index (κ3) is 1.87. The van der Waals surface area contributed by atoms with Crippen molar-refractivity contribution in [2.45, 2.75) is 24.7 Å². The molecule has 2 aromatic heterocycles. The van der Waals surface area contributed by atoms with Crippen LogP contribution >= 0.6 is 23.9 Å². The highest BCUT2D eigenvalue weighted by Gasteiger charge is 2.47. The Hall–Kier alpha value is -0.880. The van der Waals surface area contributed by atoms with E-state index in [-0.39, 0.29) is 36.2 Å². The number of hydrogen-bond acceptors (Lipinski definition) is 2. The Labute approximate surface area is 111 Å². The van der Waals surface area contributed by atoms with Crippen LogP contribution in [0.2, 0.25) is 5.15 Å². The number of rotatable bonds is 2. The van der Waals surface area contributed by atoms with E-state index in [1.165, 1.54) is 16.2 Å². The molecule has 0 spiro atoms. The van der Waals surface area contributed by atoms with Crippen LogP contribution in [0.25, 0.3) is 10.9 Å². The van der Waals surface area contributed by atoms with E-state index in [0.717, 1.165) is 0 Å². The fraction of sp³-hybridized carbons (Fsp3) is 0.364. The van der Waals surface area contributed by atoms with E-state index >= 15 is 0 Å². The minimum Gasteiger partial charge on any atom is -0.260 e. The summed E-state index contributed by atoms with van der Waals surface area (Å²) in [6, 6.07) is 3.23. The Bertz CT molecular complexity index is 606. The van der Waals surface area contributed by atoms with E-state index < -0.39 is 5.92 Å². The molecule has 1 aliphatic carbocycles. The molecule has 1 saturated carbocycles. The van der Waals surface area contributed by atoms with E-state index in [9.17, 15) is 12.7 Å². The first-order valence-electron chi connectivity index (χ1n) is 5.34. The van der Waals surface area contributed by atoms with Gasteiger partial charge in [0.25, 0.3) is 0 Å². The summed E-state index contributed by atoms with van der Waals surface area (Å²) in [7, 11) is 0. The van der Waals surface area contributed by atoms with Gasteiger partial charge in [-0.25, -0.2) is 13.8 Å². The molecule has 0 unspecified atom stereocenters. The molecule has 1 fully saturated rings. The van der Waals surface area contributed by atoms with Crippen molar-refractivity contribution in [1.29, 1.82) is 0 Å². The smallest absolute Gasteiger partial charge is 0.249 e. The first kappa shape index (κ1) is 12.2. The third-order valence-electron chi connectivity index (χ3n) is 3.21. The highest BCUT2D eigenvalue weighted by atomic mass is 35.5. The molecular weight excluding hydrogens is 285 g/mol. The number of aromatic nitrogens is 2. The lowest BCUT2D eigenvalue weighted by Gasteiger charge is -2.34. The largest absolute Gasteiger partial charge is 0.260 e. The molecule has 0 N–H and O–H groups in total. The van der Waals surface area contributed by atoms with Crippen LogP contribution < -0.4 is 0 Å². The van der Waals surface area contributed by atoms with Gasteiger partial charge in [-0.2, -0.15) is 0 Å². The topological polar surface area (TPSA) is 17.8 Å². The van der Waals surface area contributed by atoms with Gasteiger partial charge in [0.2, 0.25) is 5.92 Å². The van der Waals surface area contributed by atoms with Crippen LogP contribution in [0, 0.1) is 0 Å². The molecule has 18 heavy (non-hydrogen) atoms. The number of fused-ring (bicyclic) bond motifs is 1. The molecule has 0 saturated heterocycles. The third-order valence-corrected chi connectivity index (χ3v) is 3.96. The van der Waals surface area contributed by atoms with Crippen molar-refractivity contribution in [3.8, 4) is 0 Å². The van der Waals surface area contributed by atoms with Crippen LogP contribution in [0.4, 0.5) is 12.7 Å². The molecule has 7 heteroatoms. The molecule has 0 bridgehead atoms. The van der Waals surface area contributed by atoms with Crippen molar-refractivity contribution >= 4 is 34.8 Å². The van der Waals surface area contributed by atoms with Gasteiger partial charge in [-0.1, -0.05) is 11.6 Å². The lowest BCUT2D eigenvalue weighted by Crippen LogP contribution is -2.34. The van der Waals surface area contributed by atoms with Crippen LogP contribution in [-0.4, -0.2) is 14.9 Å². The van der Waals surface area contributed by atoms with E-state index in [2.05, 4.69) is 4.98 Å². The molecule has 96 valence electrons. The second-order valence-corrected chi connectivity index (χ2v) is 5.35. The standard InChI is InChI=1S/C11H8ClF3N2S/c12-10-2-9-6(5-16-10)1-8(17(9)18-15)7-3-11(13,14)4-7/h1-2,5,7H,3-4H2. The number of pyridine rings is 1. The zero-order chi connectivity index (χ0) is 12.9. The monoisotopic (exact) mass is 292 g/mol. The average molecular weight is 293 g/mol. The van der Waals surface area contributed by atoms with Gasteiger partial charge < -0.3 is 0 Å². The summed E-state index contributed by atoms with van der Waals surface area (Å²) in [4.78, 5) is 3.90. The molecule has 3 rings (SSSR count). The van der Waals surface area contributed by atoms with Gasteiger partial charge in [-0.3, -0.25) is 3.97 Å². The Morgan fingerprint density at radius 3 is 2.72 bits per heavy atom. The number of hydrogen-bond donors (Lipinski definition) is 0. The minimum absolute atomic E-state index is 0.00336. The first-order chi connectivity index (χ1) is 8.50. The van der Waals surface area contributed by atoms with Crippen LogP contribution in [0.5, 0.6) is 0 Å². The van der Waals surface area contributed by atoms with Crippen molar-refractivity contribution in [1.82, 2.24) is 8.96 Å². The normalized spacial score (nSPS) is 19.1. The van der Waals surface area contributed by atoms with Gasteiger partial charge in [-0.05, 0) is 6.07 Å². The lowest BCUT2D eigenvalue weighted by atomic mass is 9.79. The van der Waals surface area contributed by atoms with Gasteiger partial charge in [0.15, 0.2) is 12.3 Å². The van der Waals surface area contributed by atoms with Gasteiger partial charge >= 0.3 is 0 Å². The summed E-state index contributed by atoms with van der Waals surface area (Å²) in [5.74, 6) is -2.93. The highest BCUT2D eigenvalue weighted by Crippen LogP contribution is 2.49. The Balaban J connectivity index is 2.07. The van der Waals surface area contributed by atoms with Crippen molar-refractivity contribution < 1.29 is 12.7 Å². The maximum Gasteiger partial charge on any atom is 0.249 e. The number of halogens is 4. The molecule has 0 amide bonds. The zero-order valence-electron chi connectivity index (χ0n) is 9.04. The second kappa shape index (κ2) is 4.06. The summed E-state index contributed by atoms with van der Waals surface area (Å²) in [6.45, 7) is 0. The predicted octanol–water partition coefficient (Wildman–Crippen LogP) is 4.58. The van der Waals surface area contributed by atoms with E-state index in [4.69, 9.17) is 11.6 Å². The van der Waals surface area contributed by atoms with Crippen LogP contribution in [0.15, 0.2) is 18.3 Å². The summed E-state index contributed by atoms with van der Waals surface area (Å²) in [5.41, 5.74) is 1.13. The molecule has 2 nitrogen and oxygen atoms in total. The molecular formula is C11H8ClF3N2S. The van der Waals surface area contributed by atoms with Crippen molar-refractivity contribution in [2.24, 2.45) is 0 Å². The quantitative estimate of drug-likeness (QED) is 0.754. The van der Waals surface area contributed by atoms with E-state index in [1.54, 1.807) is 6.07 Å². The number of alkyl halides is 2. The lowest BCUT2D eigenvalue weighted by molar-refractivity contribution is -0.0876. The molecule has 2 aromatic rings. The van der Waals surface area contributed by atoms with Crippen molar-refractivity contribution in [3.05, 3.63) is 29.2 Å². The maximum absolute atomic E-state index is 13.0. The Morgan fingerprint density at radius 1 is 1.39 bits per heavy atom. The van der Waals surface area contributed by atoms with E-state index in [1.807, 2.05) is 0 Å². The first-order valence-corrected chi connectivity index (χ1v) is 6.39. The van der Waals surface area contributed by atoms with Crippen LogP contribution in [0.3, 0.4) is 0 Å². The molecule has 2 heterocycles. The van der Waals surface area contributed by atoms with Crippen molar-refractivity contribution in [3.63, 3.8) is 0 Å². The van der Waals surface area contributed by atoms with Gasteiger partial charge in [0, 0.05) is 42.1 Å². The Morgan fingerprint density at radius 2 is 2.11 bits per heavy atom. The van der Waals surface area contributed by atoms with Crippen molar-refractivity contribution in [2.75, 3.05) is 0 Å². The fourth-order valence-corrected chi connectivity index (χ4v) is 2.97. The molecule has 0 atom stereocenters. The number of nitrogens with zero attached hydrogens (tertiary/aromatic N) is 2. The minimum atomic E-state index is -2.62. The molecule has 0 aliphatic heterocycles. The predicted molar refractivity (Wildman–Crippen MR) is 65.8 cm³/mol. The maximum atomic E-state index is 13.0. The summed E-state index contributed by atoms with van der Waals surface area (Å²) < 4.78 is 40.1. The second-order valence-electron chi connectivity index (χ2n) is 4.46. The summed E-state index contributed by atoms with van der Waals surface area (Å²) in [5, 5.41) is 0.955. The van der Waals surface area contributed by atoms with Gasteiger partial charge in [0.05, 0.1) is 5.52 Å². The zero-order valence-corrected chi connectivity index (χ0v) is 10.6. The van der Waals surface area contributed by atoms with Crippen LogP contribution in [-0.2, 0) is 0 Å². The summed E-state index contributed by atoms with van der Waals surface area (Å²) >= 11 is 5.76. The average Bonchev–Trinajstić information content (AvgIpc) is 2.63. The fourth-order valence-electron chi connectivity index (χ4n) is 2.31. The van der Waals surface area contributed by atoms with E-state index in [0.29, 0.717) is 16.6 Å². The molecule has 0 radical (unpaired) electrons. The SMILES string of the molecule is FSn1c(C2CC(F)(F)C2)cc2cnc(Cl)cc21.